The molecule has 0 unspecified atom stereocenters. The molecule has 0 fully saturated rings. The van der Waals surface area contributed by atoms with Gasteiger partial charge in [0.2, 0.25) is 0 Å². The summed E-state index contributed by atoms with van der Waals surface area (Å²) in [5, 5.41) is 9.81. The number of fused-ring (bicyclic) bond motifs is 2. The number of carboxylic acids is 1. The van der Waals surface area contributed by atoms with Gasteiger partial charge in [0, 0.05) is 30.3 Å². The summed E-state index contributed by atoms with van der Waals surface area (Å²) in [6, 6.07) is 3.90. The van der Waals surface area contributed by atoms with Crippen LogP contribution in [0.1, 0.15) is 11.3 Å². The molecular weight excluding hydrogens is 258 g/mol. The Kier molecular flexibility index (Phi) is 2.89. The second-order valence-electron chi connectivity index (χ2n) is 4.75. The Morgan fingerprint density at radius 1 is 1.30 bits per heavy atom. The Labute approximate surface area is 116 Å². The van der Waals surface area contributed by atoms with Gasteiger partial charge in [-0.1, -0.05) is 0 Å². The molecule has 2 heterocycles. The Bertz CT molecular complexity index is 678. The van der Waals surface area contributed by atoms with Crippen LogP contribution in [0.3, 0.4) is 0 Å². The lowest BCUT2D eigenvalue weighted by atomic mass is 10.1. The van der Waals surface area contributed by atoms with Crippen molar-refractivity contribution in [3.8, 4) is 11.5 Å². The highest BCUT2D eigenvalue weighted by Crippen LogP contribution is 2.37. The molecule has 1 aliphatic rings. The van der Waals surface area contributed by atoms with E-state index in [-0.39, 0.29) is 0 Å². The molecule has 0 aliphatic carbocycles. The van der Waals surface area contributed by atoms with Crippen molar-refractivity contribution in [3.05, 3.63) is 29.5 Å². The van der Waals surface area contributed by atoms with Crippen LogP contribution >= 0.6 is 0 Å². The molecule has 5 heteroatoms. The fourth-order valence-corrected chi connectivity index (χ4v) is 2.56. The van der Waals surface area contributed by atoms with Gasteiger partial charge in [-0.15, -0.1) is 0 Å². The van der Waals surface area contributed by atoms with Crippen LogP contribution in [0.2, 0.25) is 0 Å². The Balaban J connectivity index is 2.21. The normalized spacial score (nSPS) is 14.1. The van der Waals surface area contributed by atoms with Crippen LogP contribution in [0.5, 0.6) is 11.5 Å². The van der Waals surface area contributed by atoms with Gasteiger partial charge in [-0.05, 0) is 24.6 Å². The Morgan fingerprint density at radius 2 is 1.95 bits per heavy atom. The van der Waals surface area contributed by atoms with Gasteiger partial charge in [-0.2, -0.15) is 0 Å². The quantitative estimate of drug-likeness (QED) is 0.853. The van der Waals surface area contributed by atoms with Gasteiger partial charge in [-0.3, -0.25) is 0 Å². The Morgan fingerprint density at radius 3 is 2.60 bits per heavy atom. The van der Waals surface area contributed by atoms with E-state index in [4.69, 9.17) is 14.6 Å². The minimum absolute atomic E-state index is 0.549. The standard InChI is InChI=1S/C15H15NO4/c1-9-10-7-13-14(20-6-5-19-13)8-12(10)16(2)11(9)3-4-15(17)18/h3-4,7-8H,5-6H2,1-2H3,(H,17,18)/b4-3+. The van der Waals surface area contributed by atoms with E-state index in [0.717, 1.165) is 39.7 Å². The van der Waals surface area contributed by atoms with E-state index in [1.807, 2.05) is 30.7 Å². The fourth-order valence-electron chi connectivity index (χ4n) is 2.56. The number of nitrogens with zero attached hydrogens (tertiary/aromatic N) is 1. The average Bonchev–Trinajstić information content (AvgIpc) is 2.66. The highest BCUT2D eigenvalue weighted by atomic mass is 16.6. The predicted octanol–water partition coefficient (Wildman–Crippen LogP) is 2.36. The summed E-state index contributed by atoms with van der Waals surface area (Å²) < 4.78 is 13.1. The van der Waals surface area contributed by atoms with Crippen molar-refractivity contribution in [1.29, 1.82) is 0 Å². The first kappa shape index (κ1) is 12.6. The van der Waals surface area contributed by atoms with Gasteiger partial charge >= 0.3 is 5.97 Å². The van der Waals surface area contributed by atoms with Crippen LogP contribution in [0, 0.1) is 6.92 Å². The summed E-state index contributed by atoms with van der Waals surface area (Å²) in [4.78, 5) is 10.7. The van der Waals surface area contributed by atoms with Crippen LogP contribution in [-0.4, -0.2) is 28.9 Å². The molecule has 1 aromatic carbocycles. The Hall–Kier alpha value is -2.43. The van der Waals surface area contributed by atoms with Gasteiger partial charge in [-0.25, -0.2) is 4.79 Å². The summed E-state index contributed by atoms with van der Waals surface area (Å²) in [5.74, 6) is 0.518. The number of rotatable bonds is 2. The topological polar surface area (TPSA) is 60.7 Å². The molecule has 0 bridgehead atoms. The molecule has 3 rings (SSSR count). The summed E-state index contributed by atoms with van der Waals surface area (Å²) in [6.45, 7) is 3.07. The van der Waals surface area contributed by atoms with Crippen molar-refractivity contribution < 1.29 is 19.4 Å². The number of benzene rings is 1. The fraction of sp³-hybridized carbons (Fsp3) is 0.267. The third-order valence-electron chi connectivity index (χ3n) is 3.56. The summed E-state index contributed by atoms with van der Waals surface area (Å²) in [6.07, 6.45) is 2.76. The number of carbonyl (C=O) groups is 1. The molecule has 1 N–H and O–H groups in total. The lowest BCUT2D eigenvalue weighted by Gasteiger charge is -2.18. The van der Waals surface area contributed by atoms with Gasteiger partial charge in [0.1, 0.15) is 13.2 Å². The first-order valence-electron chi connectivity index (χ1n) is 6.37. The van der Waals surface area contributed by atoms with Crippen molar-refractivity contribution in [1.82, 2.24) is 4.57 Å². The molecule has 0 spiro atoms. The number of carboxylic acid groups (broad SMARTS) is 1. The molecule has 2 aromatic rings. The van der Waals surface area contributed by atoms with Crippen LogP contribution in [0.25, 0.3) is 17.0 Å². The van der Waals surface area contributed by atoms with Crippen molar-refractivity contribution in [2.24, 2.45) is 7.05 Å². The third-order valence-corrected chi connectivity index (χ3v) is 3.56. The number of hydrogen-bond acceptors (Lipinski definition) is 3. The molecule has 0 amide bonds. The molecule has 0 atom stereocenters. The van der Waals surface area contributed by atoms with Crippen molar-refractivity contribution in [2.45, 2.75) is 6.92 Å². The summed E-state index contributed by atoms with van der Waals surface area (Å²) in [7, 11) is 1.91. The van der Waals surface area contributed by atoms with Gasteiger partial charge < -0.3 is 19.1 Å². The SMILES string of the molecule is Cc1c(/C=C/C(=O)O)n(C)c2cc3c(cc12)OCCO3. The highest BCUT2D eigenvalue weighted by molar-refractivity contribution is 5.93. The number of ether oxygens (including phenoxy) is 2. The molecule has 20 heavy (non-hydrogen) atoms. The van der Waals surface area contributed by atoms with E-state index in [0.29, 0.717) is 13.2 Å². The minimum Gasteiger partial charge on any atom is -0.486 e. The zero-order valence-electron chi connectivity index (χ0n) is 11.3. The minimum atomic E-state index is -0.958. The first-order chi connectivity index (χ1) is 9.58. The van der Waals surface area contributed by atoms with E-state index in [1.54, 1.807) is 6.08 Å². The van der Waals surface area contributed by atoms with Crippen LogP contribution in [0.15, 0.2) is 18.2 Å². The molecular formula is C15H15NO4. The van der Waals surface area contributed by atoms with E-state index >= 15 is 0 Å². The predicted molar refractivity (Wildman–Crippen MR) is 75.3 cm³/mol. The van der Waals surface area contributed by atoms with Crippen molar-refractivity contribution in [3.63, 3.8) is 0 Å². The smallest absolute Gasteiger partial charge is 0.328 e. The maximum Gasteiger partial charge on any atom is 0.328 e. The molecule has 1 aromatic heterocycles. The molecule has 5 nitrogen and oxygen atoms in total. The summed E-state index contributed by atoms with van der Waals surface area (Å²) >= 11 is 0. The van der Waals surface area contributed by atoms with Crippen LogP contribution in [-0.2, 0) is 11.8 Å². The van der Waals surface area contributed by atoms with Crippen LogP contribution < -0.4 is 9.47 Å². The largest absolute Gasteiger partial charge is 0.486 e. The average molecular weight is 273 g/mol. The maximum absolute atomic E-state index is 10.7. The van der Waals surface area contributed by atoms with E-state index < -0.39 is 5.97 Å². The van der Waals surface area contributed by atoms with E-state index in [9.17, 15) is 4.79 Å². The molecule has 0 radical (unpaired) electrons. The molecule has 104 valence electrons. The zero-order valence-corrected chi connectivity index (χ0v) is 11.3. The van der Waals surface area contributed by atoms with E-state index in [2.05, 4.69) is 0 Å². The number of hydrogen-bond donors (Lipinski definition) is 1. The van der Waals surface area contributed by atoms with Crippen molar-refractivity contribution >= 4 is 22.9 Å². The zero-order chi connectivity index (χ0) is 14.3. The second kappa shape index (κ2) is 4.59. The summed E-state index contributed by atoms with van der Waals surface area (Å²) in [5.41, 5.74) is 2.89. The maximum atomic E-state index is 10.7. The number of aromatic nitrogens is 1. The monoisotopic (exact) mass is 273 g/mol. The van der Waals surface area contributed by atoms with Gasteiger partial charge in [0.05, 0.1) is 5.52 Å². The van der Waals surface area contributed by atoms with Crippen molar-refractivity contribution in [2.75, 3.05) is 13.2 Å². The molecule has 1 aliphatic heterocycles. The molecule has 0 saturated carbocycles. The second-order valence-corrected chi connectivity index (χ2v) is 4.75. The lowest BCUT2D eigenvalue weighted by molar-refractivity contribution is -0.131. The molecule has 0 saturated heterocycles. The van der Waals surface area contributed by atoms with Gasteiger partial charge in [0.25, 0.3) is 0 Å². The van der Waals surface area contributed by atoms with E-state index in [1.165, 1.54) is 0 Å². The van der Waals surface area contributed by atoms with Gasteiger partial charge in [0.15, 0.2) is 11.5 Å². The lowest BCUT2D eigenvalue weighted by Crippen LogP contribution is -2.15. The van der Waals surface area contributed by atoms with Crippen LogP contribution in [0.4, 0.5) is 0 Å². The number of aryl methyl sites for hydroxylation is 2. The first-order valence-corrected chi connectivity index (χ1v) is 6.37. The highest BCUT2D eigenvalue weighted by Gasteiger charge is 2.17. The third kappa shape index (κ3) is 1.91. The number of aliphatic carboxylic acids is 1.